The van der Waals surface area contributed by atoms with Gasteiger partial charge in [0.2, 0.25) is 0 Å². The van der Waals surface area contributed by atoms with Gasteiger partial charge >= 0.3 is 12.1 Å². The maximum atomic E-state index is 15.7. The van der Waals surface area contributed by atoms with E-state index < -0.39 is 47.7 Å². The summed E-state index contributed by atoms with van der Waals surface area (Å²) in [6, 6.07) is 9.67. The second kappa shape index (κ2) is 14.4. The molecule has 0 N–H and O–H groups in total. The number of esters is 1. The number of methoxy groups -OCH3 is 1. The van der Waals surface area contributed by atoms with Crippen molar-refractivity contribution >= 4 is 49.0 Å². The highest BCUT2D eigenvalue weighted by Crippen LogP contribution is 2.48. The van der Waals surface area contributed by atoms with Crippen LogP contribution in [0.3, 0.4) is 0 Å². The van der Waals surface area contributed by atoms with Crippen molar-refractivity contribution in [2.45, 2.75) is 82.6 Å². The molecule has 2 aromatic rings. The molecule has 0 unspecified atom stereocenters. The molecule has 9 nitrogen and oxygen atoms in total. The topological polar surface area (TPSA) is 114 Å². The second-order valence-electron chi connectivity index (χ2n) is 13.7. The van der Waals surface area contributed by atoms with E-state index in [4.69, 9.17) is 24.5 Å². The number of amidine groups is 1. The standard InChI is InChI=1S/C33H42F2N4O5SSi/c1-31(2,3)44-30(41)39(21-43-14-15-46(7,8)9)29-38-32(4,20-33(5,45-29)28(40)42-6)24-16-22(10-12-25(24)34)17-26(35)27-13-11-23(18-36)19-37-27/h10-13,16-17,19H,14-15,20-21H2,1-9H3/b26-17-/t32-,33-/m0/s1. The van der Waals surface area contributed by atoms with Crippen LogP contribution in [0.5, 0.6) is 0 Å². The number of pyridine rings is 1. The summed E-state index contributed by atoms with van der Waals surface area (Å²) in [6.07, 6.45) is 1.72. The number of amides is 1. The minimum atomic E-state index is -1.44. The summed E-state index contributed by atoms with van der Waals surface area (Å²) in [6.45, 7) is 15.3. The molecule has 46 heavy (non-hydrogen) atoms. The van der Waals surface area contributed by atoms with Crippen molar-refractivity contribution in [3.63, 3.8) is 0 Å². The predicted molar refractivity (Wildman–Crippen MR) is 179 cm³/mol. The molecular weight excluding hydrogens is 631 g/mol. The molecule has 1 aromatic heterocycles. The van der Waals surface area contributed by atoms with Crippen LogP contribution in [-0.4, -0.2) is 66.0 Å². The summed E-state index contributed by atoms with van der Waals surface area (Å²) >= 11 is 1.01. The lowest BCUT2D eigenvalue weighted by atomic mass is 9.82. The van der Waals surface area contributed by atoms with Crippen molar-refractivity contribution in [1.82, 2.24) is 9.88 Å². The zero-order valence-corrected chi connectivity index (χ0v) is 29.7. The van der Waals surface area contributed by atoms with E-state index in [0.29, 0.717) is 12.2 Å². The van der Waals surface area contributed by atoms with Gasteiger partial charge in [0, 0.05) is 32.9 Å². The van der Waals surface area contributed by atoms with E-state index in [1.54, 1.807) is 34.6 Å². The third-order valence-electron chi connectivity index (χ3n) is 7.02. The summed E-state index contributed by atoms with van der Waals surface area (Å²) in [5.41, 5.74) is -1.56. The Morgan fingerprint density at radius 3 is 2.46 bits per heavy atom. The number of rotatable bonds is 9. The van der Waals surface area contributed by atoms with Gasteiger partial charge in [0.05, 0.1) is 23.9 Å². The monoisotopic (exact) mass is 672 g/mol. The number of hydrogen-bond acceptors (Lipinski definition) is 9. The van der Waals surface area contributed by atoms with E-state index in [0.717, 1.165) is 17.8 Å². The maximum absolute atomic E-state index is 15.7. The lowest BCUT2D eigenvalue weighted by Crippen LogP contribution is -2.50. The van der Waals surface area contributed by atoms with Crippen LogP contribution in [0, 0.1) is 17.1 Å². The largest absolute Gasteiger partial charge is 0.468 e. The lowest BCUT2D eigenvalue weighted by molar-refractivity contribution is -0.143. The van der Waals surface area contributed by atoms with Gasteiger partial charge in [0.1, 0.15) is 34.8 Å². The van der Waals surface area contributed by atoms with Crippen LogP contribution in [0.1, 0.15) is 63.4 Å². The van der Waals surface area contributed by atoms with Gasteiger partial charge in [-0.25, -0.2) is 18.5 Å². The Morgan fingerprint density at radius 2 is 1.89 bits per heavy atom. The Bertz CT molecular complexity index is 1550. The first-order chi connectivity index (χ1) is 21.3. The zero-order chi connectivity index (χ0) is 34.5. The Labute approximate surface area is 275 Å². The number of aromatic nitrogens is 1. The summed E-state index contributed by atoms with van der Waals surface area (Å²) in [5.74, 6) is -1.91. The molecule has 0 bridgehead atoms. The highest BCUT2D eigenvalue weighted by molar-refractivity contribution is 8.15. The van der Waals surface area contributed by atoms with Crippen molar-refractivity contribution in [3.8, 4) is 6.07 Å². The average molecular weight is 673 g/mol. The van der Waals surface area contributed by atoms with Gasteiger partial charge in [-0.2, -0.15) is 5.26 Å². The predicted octanol–water partition coefficient (Wildman–Crippen LogP) is 7.75. The first kappa shape index (κ1) is 36.9. The van der Waals surface area contributed by atoms with E-state index in [2.05, 4.69) is 24.6 Å². The number of nitriles is 1. The quantitative estimate of drug-likeness (QED) is 0.115. The van der Waals surface area contributed by atoms with Crippen LogP contribution >= 0.6 is 11.8 Å². The lowest BCUT2D eigenvalue weighted by Gasteiger charge is -2.42. The molecule has 2 heterocycles. The van der Waals surface area contributed by atoms with Crippen molar-refractivity contribution in [2.24, 2.45) is 4.99 Å². The molecule has 1 amide bonds. The Kier molecular flexibility index (Phi) is 11.6. The van der Waals surface area contributed by atoms with E-state index in [1.807, 2.05) is 6.07 Å². The van der Waals surface area contributed by atoms with E-state index >= 15 is 8.78 Å². The number of ether oxygens (including phenoxy) is 3. The first-order valence-corrected chi connectivity index (χ1v) is 19.3. The smallest absolute Gasteiger partial charge is 0.418 e. The fraction of sp³-hybridized carbons (Fsp3) is 0.485. The highest BCUT2D eigenvalue weighted by atomic mass is 32.2. The number of benzene rings is 1. The van der Waals surface area contributed by atoms with Gasteiger partial charge in [0.25, 0.3) is 0 Å². The van der Waals surface area contributed by atoms with E-state index in [1.165, 1.54) is 54.6 Å². The van der Waals surface area contributed by atoms with Crippen LogP contribution < -0.4 is 0 Å². The van der Waals surface area contributed by atoms with E-state index in [-0.39, 0.29) is 35.1 Å². The number of hydrogen-bond donors (Lipinski definition) is 0. The highest BCUT2D eigenvalue weighted by Gasteiger charge is 2.50. The van der Waals surface area contributed by atoms with Gasteiger partial charge < -0.3 is 14.2 Å². The van der Waals surface area contributed by atoms with Crippen molar-refractivity contribution in [3.05, 3.63) is 64.7 Å². The third-order valence-corrected chi connectivity index (χ3v) is 9.98. The fourth-order valence-electron chi connectivity index (χ4n) is 4.67. The zero-order valence-electron chi connectivity index (χ0n) is 27.9. The normalized spacial score (nSPS) is 20.4. The number of nitrogens with zero attached hydrogens (tertiary/aromatic N) is 4. The Balaban J connectivity index is 2.12. The Hall–Kier alpha value is -3.60. The minimum Gasteiger partial charge on any atom is -0.468 e. The van der Waals surface area contributed by atoms with Gasteiger partial charge in [0.15, 0.2) is 5.17 Å². The molecule has 0 saturated heterocycles. The summed E-state index contributed by atoms with van der Waals surface area (Å²) in [7, 11) is -0.182. The molecule has 0 radical (unpaired) electrons. The Morgan fingerprint density at radius 1 is 1.20 bits per heavy atom. The van der Waals surface area contributed by atoms with Crippen LogP contribution in [0.25, 0.3) is 11.9 Å². The van der Waals surface area contributed by atoms with Crippen LogP contribution in [0.4, 0.5) is 13.6 Å². The second-order valence-corrected chi connectivity index (χ2v) is 20.8. The summed E-state index contributed by atoms with van der Waals surface area (Å²) in [5, 5.41) is 9.10. The molecular formula is C33H42F2N4O5SSi. The van der Waals surface area contributed by atoms with Crippen molar-refractivity contribution in [2.75, 3.05) is 20.4 Å². The van der Waals surface area contributed by atoms with Gasteiger partial charge in [-0.15, -0.1) is 0 Å². The van der Waals surface area contributed by atoms with Gasteiger partial charge in [-0.05, 0) is 76.6 Å². The molecule has 2 atom stereocenters. The number of carbonyl (C=O) groups is 2. The molecule has 248 valence electrons. The molecule has 0 saturated carbocycles. The van der Waals surface area contributed by atoms with Crippen molar-refractivity contribution < 1.29 is 32.6 Å². The SMILES string of the molecule is COC(=O)[C@]1(C)C[C@@](C)(c2cc(/C=C(\F)c3ccc(C#N)cn3)ccc2F)N=C(N(COCC[Si](C)(C)C)C(=O)OC(C)(C)C)S1. The molecule has 1 aliphatic heterocycles. The summed E-state index contributed by atoms with van der Waals surface area (Å²) in [4.78, 5) is 36.8. The number of halogens is 2. The molecule has 0 spiro atoms. The molecule has 1 aromatic carbocycles. The van der Waals surface area contributed by atoms with Gasteiger partial charge in [-0.1, -0.05) is 37.5 Å². The van der Waals surface area contributed by atoms with Gasteiger partial charge in [-0.3, -0.25) is 14.8 Å². The molecule has 0 aliphatic carbocycles. The molecule has 1 aliphatic rings. The number of carbonyl (C=O) groups excluding carboxylic acids is 2. The molecule has 0 fully saturated rings. The molecule has 13 heteroatoms. The molecule has 3 rings (SSSR count). The fourth-order valence-corrected chi connectivity index (χ4v) is 6.84. The number of aliphatic imine (C=N–C) groups is 1. The van der Waals surface area contributed by atoms with Crippen molar-refractivity contribution in [1.29, 1.82) is 5.26 Å². The third kappa shape index (κ3) is 9.70. The van der Waals surface area contributed by atoms with Crippen LogP contribution in [0.15, 0.2) is 41.5 Å². The van der Waals surface area contributed by atoms with Crippen LogP contribution in [0.2, 0.25) is 25.7 Å². The number of thioether (sulfide) groups is 1. The first-order valence-electron chi connectivity index (χ1n) is 14.8. The summed E-state index contributed by atoms with van der Waals surface area (Å²) < 4.78 is 46.3. The van der Waals surface area contributed by atoms with E-state index in [9.17, 15) is 9.59 Å². The minimum absolute atomic E-state index is 0.00320. The maximum Gasteiger partial charge on any atom is 0.418 e. The van der Waals surface area contributed by atoms with Crippen LogP contribution in [-0.2, 0) is 24.5 Å². The average Bonchev–Trinajstić information content (AvgIpc) is 2.95.